The van der Waals surface area contributed by atoms with E-state index in [1.807, 2.05) is 25.5 Å². The van der Waals surface area contributed by atoms with Crippen molar-refractivity contribution in [3.8, 4) is 0 Å². The van der Waals surface area contributed by atoms with Gasteiger partial charge in [0.05, 0.1) is 42.4 Å². The minimum atomic E-state index is -0.633. The highest BCUT2D eigenvalue weighted by molar-refractivity contribution is 5.90. The predicted octanol–water partition coefficient (Wildman–Crippen LogP) is 1.69. The third-order valence-electron chi connectivity index (χ3n) is 4.07. The molecule has 0 radical (unpaired) electrons. The number of anilines is 1. The van der Waals surface area contributed by atoms with E-state index in [1.54, 1.807) is 4.90 Å². The Labute approximate surface area is 131 Å². The van der Waals surface area contributed by atoms with Gasteiger partial charge in [0.15, 0.2) is 0 Å². The van der Waals surface area contributed by atoms with Gasteiger partial charge in [-0.2, -0.15) is 5.10 Å². The number of rotatable bonds is 4. The summed E-state index contributed by atoms with van der Waals surface area (Å²) in [5, 5.41) is 17.3. The Morgan fingerprint density at radius 3 is 2.64 bits per heavy atom. The van der Waals surface area contributed by atoms with Crippen molar-refractivity contribution >= 4 is 11.7 Å². The summed E-state index contributed by atoms with van der Waals surface area (Å²) < 4.78 is 7.15. The van der Waals surface area contributed by atoms with Crippen molar-refractivity contribution in [2.45, 2.75) is 52.8 Å². The van der Waals surface area contributed by atoms with Crippen molar-refractivity contribution in [1.82, 2.24) is 14.7 Å². The second-order valence-corrected chi connectivity index (χ2v) is 5.97. The zero-order chi connectivity index (χ0) is 16.4. The third kappa shape index (κ3) is 3.10. The number of aromatic nitrogens is 2. The lowest BCUT2D eigenvalue weighted by molar-refractivity contribution is 0.1000. The summed E-state index contributed by atoms with van der Waals surface area (Å²) in [7, 11) is 0. The largest absolute Gasteiger partial charge is 0.388 e. The third-order valence-corrected chi connectivity index (χ3v) is 4.07. The van der Waals surface area contributed by atoms with E-state index in [0.29, 0.717) is 13.2 Å². The molecule has 2 heterocycles. The molecule has 7 heteroatoms. The molecule has 0 aliphatic carbocycles. The smallest absolute Gasteiger partial charge is 0.322 e. The molecular weight excluding hydrogens is 284 g/mol. The van der Waals surface area contributed by atoms with Gasteiger partial charge < -0.3 is 20.1 Å². The fourth-order valence-corrected chi connectivity index (χ4v) is 2.88. The van der Waals surface area contributed by atoms with Crippen molar-refractivity contribution in [3.63, 3.8) is 0 Å². The minimum absolute atomic E-state index is 0.230. The molecule has 0 bridgehead atoms. The van der Waals surface area contributed by atoms with Gasteiger partial charge in [0.25, 0.3) is 0 Å². The molecule has 1 aromatic heterocycles. The summed E-state index contributed by atoms with van der Waals surface area (Å²) in [6, 6.07) is -0.297. The predicted molar refractivity (Wildman–Crippen MR) is 84.1 cm³/mol. The van der Waals surface area contributed by atoms with Gasteiger partial charge in [-0.3, -0.25) is 4.68 Å². The van der Waals surface area contributed by atoms with Crippen LogP contribution in [-0.2, 0) is 4.74 Å². The van der Waals surface area contributed by atoms with E-state index in [2.05, 4.69) is 24.3 Å². The van der Waals surface area contributed by atoms with Gasteiger partial charge >= 0.3 is 6.03 Å². The first-order valence-corrected chi connectivity index (χ1v) is 7.75. The number of aliphatic hydroxyl groups excluding tert-OH is 1. The molecule has 2 amide bonds. The lowest BCUT2D eigenvalue weighted by atomic mass is 10.2. The Hall–Kier alpha value is -1.60. The Balaban J connectivity index is 2.17. The van der Waals surface area contributed by atoms with Crippen LogP contribution in [0.3, 0.4) is 0 Å². The number of carbonyl (C=O) groups excluding carboxylic acids is 1. The number of ether oxygens (including phenoxy) is 1. The summed E-state index contributed by atoms with van der Waals surface area (Å²) in [5.41, 5.74) is 2.46. The number of amides is 2. The Bertz CT molecular complexity index is 541. The van der Waals surface area contributed by atoms with Crippen molar-refractivity contribution in [1.29, 1.82) is 0 Å². The van der Waals surface area contributed by atoms with E-state index >= 15 is 0 Å². The highest BCUT2D eigenvalue weighted by Crippen LogP contribution is 2.23. The molecular formula is C15H26N4O3. The number of aliphatic hydroxyl groups is 1. The van der Waals surface area contributed by atoms with Gasteiger partial charge in [-0.25, -0.2) is 4.79 Å². The fourth-order valence-electron chi connectivity index (χ4n) is 2.88. The number of nitrogens with one attached hydrogen (secondary N) is 1. The van der Waals surface area contributed by atoms with Gasteiger partial charge in [-0.1, -0.05) is 0 Å². The van der Waals surface area contributed by atoms with Crippen LogP contribution in [0.4, 0.5) is 10.5 Å². The summed E-state index contributed by atoms with van der Waals surface area (Å²) in [5.74, 6) is 0. The van der Waals surface area contributed by atoms with Gasteiger partial charge in [0.2, 0.25) is 0 Å². The molecule has 124 valence electrons. The molecule has 0 spiro atoms. The molecule has 22 heavy (non-hydrogen) atoms. The van der Waals surface area contributed by atoms with E-state index in [4.69, 9.17) is 4.74 Å². The van der Waals surface area contributed by atoms with E-state index < -0.39 is 6.10 Å². The van der Waals surface area contributed by atoms with Crippen LogP contribution in [0.25, 0.3) is 0 Å². The molecule has 2 atom stereocenters. The molecule has 0 saturated carbocycles. The van der Waals surface area contributed by atoms with E-state index in [1.165, 1.54) is 0 Å². The zero-order valence-electron chi connectivity index (χ0n) is 14.0. The van der Waals surface area contributed by atoms with Crippen LogP contribution in [-0.4, -0.2) is 57.7 Å². The number of hydrogen-bond donors (Lipinski definition) is 2. The fraction of sp³-hybridized carbons (Fsp3) is 0.733. The Kier molecular flexibility index (Phi) is 5.08. The van der Waals surface area contributed by atoms with Crippen LogP contribution in [0.2, 0.25) is 0 Å². The van der Waals surface area contributed by atoms with Crippen LogP contribution in [0, 0.1) is 13.8 Å². The van der Waals surface area contributed by atoms with Gasteiger partial charge in [-0.05, 0) is 34.6 Å². The van der Waals surface area contributed by atoms with Gasteiger partial charge in [-0.15, -0.1) is 0 Å². The molecule has 1 aliphatic rings. The molecule has 0 aromatic carbocycles. The Morgan fingerprint density at radius 1 is 1.50 bits per heavy atom. The van der Waals surface area contributed by atoms with Crippen molar-refractivity contribution in [3.05, 3.63) is 11.4 Å². The minimum Gasteiger partial charge on any atom is -0.388 e. The lowest BCUT2D eigenvalue weighted by Gasteiger charge is -2.28. The standard InChI is InChI=1S/C15H26N4O3/c1-6-18(12-7-22-8-13(12)20)15(21)16-14-10(4)17-19(9(2)3)11(14)5/h9,12-13,20H,6-8H2,1-5H3,(H,16,21)/t12-,13-/m0/s1. The lowest BCUT2D eigenvalue weighted by Crippen LogP contribution is -2.48. The van der Waals surface area contributed by atoms with Crippen LogP contribution >= 0.6 is 0 Å². The summed E-state index contributed by atoms with van der Waals surface area (Å²) in [4.78, 5) is 14.2. The number of nitrogens with zero attached hydrogens (tertiary/aromatic N) is 3. The molecule has 1 aliphatic heterocycles. The summed E-state index contributed by atoms with van der Waals surface area (Å²) >= 11 is 0. The molecule has 1 aromatic rings. The maximum atomic E-state index is 12.6. The van der Waals surface area contributed by atoms with Crippen LogP contribution in [0.5, 0.6) is 0 Å². The number of hydrogen-bond acceptors (Lipinski definition) is 4. The van der Waals surface area contributed by atoms with E-state index in [-0.39, 0.29) is 24.7 Å². The van der Waals surface area contributed by atoms with Crippen LogP contribution in [0.1, 0.15) is 38.2 Å². The van der Waals surface area contributed by atoms with Crippen molar-refractivity contribution in [2.75, 3.05) is 25.1 Å². The SMILES string of the molecule is CCN(C(=O)Nc1c(C)nn(C(C)C)c1C)[C@H]1COC[C@@H]1O. The average Bonchev–Trinajstić information content (AvgIpc) is 2.98. The van der Waals surface area contributed by atoms with Gasteiger partial charge in [0, 0.05) is 12.6 Å². The molecule has 7 nitrogen and oxygen atoms in total. The molecule has 1 saturated heterocycles. The first kappa shape index (κ1) is 16.8. The van der Waals surface area contributed by atoms with Crippen LogP contribution in [0.15, 0.2) is 0 Å². The second kappa shape index (κ2) is 6.66. The van der Waals surface area contributed by atoms with Crippen molar-refractivity contribution < 1.29 is 14.6 Å². The average molecular weight is 310 g/mol. The highest BCUT2D eigenvalue weighted by atomic mass is 16.5. The normalized spacial score (nSPS) is 21.4. The van der Waals surface area contributed by atoms with Crippen LogP contribution < -0.4 is 5.32 Å². The zero-order valence-corrected chi connectivity index (χ0v) is 14.0. The first-order chi connectivity index (χ1) is 10.4. The Morgan fingerprint density at radius 2 is 2.18 bits per heavy atom. The number of likely N-dealkylation sites (N-methyl/N-ethyl adjacent to an activating group) is 1. The number of aryl methyl sites for hydroxylation is 1. The quantitative estimate of drug-likeness (QED) is 0.887. The second-order valence-electron chi connectivity index (χ2n) is 5.97. The first-order valence-electron chi connectivity index (χ1n) is 7.75. The molecule has 2 rings (SSSR count). The maximum absolute atomic E-state index is 12.6. The van der Waals surface area contributed by atoms with E-state index in [9.17, 15) is 9.90 Å². The number of urea groups is 1. The molecule has 1 fully saturated rings. The van der Waals surface area contributed by atoms with Crippen molar-refractivity contribution in [2.24, 2.45) is 0 Å². The van der Waals surface area contributed by atoms with Gasteiger partial charge in [0.1, 0.15) is 0 Å². The molecule has 0 unspecified atom stereocenters. The number of carbonyl (C=O) groups is 1. The van der Waals surface area contributed by atoms with E-state index in [0.717, 1.165) is 17.1 Å². The maximum Gasteiger partial charge on any atom is 0.322 e. The highest BCUT2D eigenvalue weighted by Gasteiger charge is 2.34. The molecule has 2 N–H and O–H groups in total. The topological polar surface area (TPSA) is 79.6 Å². The summed E-state index contributed by atoms with van der Waals surface area (Å²) in [6.07, 6.45) is -0.633. The monoisotopic (exact) mass is 310 g/mol. The summed E-state index contributed by atoms with van der Waals surface area (Å²) in [6.45, 7) is 11.0.